The summed E-state index contributed by atoms with van der Waals surface area (Å²) in [5, 5.41) is 29.9. The second kappa shape index (κ2) is 4.46. The van der Waals surface area contributed by atoms with Gasteiger partial charge in [0.25, 0.3) is 0 Å². The summed E-state index contributed by atoms with van der Waals surface area (Å²) in [4.78, 5) is 0. The lowest BCUT2D eigenvalue weighted by atomic mass is 10.2. The zero-order valence-electron chi connectivity index (χ0n) is 8.73. The average Bonchev–Trinajstić information content (AvgIpc) is 2.63. The van der Waals surface area contributed by atoms with Crippen LogP contribution in [0.3, 0.4) is 0 Å². The lowest BCUT2D eigenvalue weighted by Gasteiger charge is -2.30. The average molecular weight is 201 g/mol. The van der Waals surface area contributed by atoms with E-state index in [1.54, 1.807) is 24.1 Å². The monoisotopic (exact) mass is 201 g/mol. The Morgan fingerprint density at radius 1 is 1.33 bits per heavy atom. The molecule has 0 aromatic carbocycles. The third-order valence-electron chi connectivity index (χ3n) is 2.32. The molecule has 1 atom stereocenters. The first-order valence-electron chi connectivity index (χ1n) is 4.55. The van der Waals surface area contributed by atoms with E-state index in [0.717, 1.165) is 0 Å². The molecule has 0 aromatic heterocycles. The van der Waals surface area contributed by atoms with Gasteiger partial charge in [-0.2, -0.15) is 15.8 Å². The van der Waals surface area contributed by atoms with Crippen LogP contribution >= 0.6 is 0 Å². The summed E-state index contributed by atoms with van der Waals surface area (Å²) in [6, 6.07) is 5.62. The molecule has 0 bridgehead atoms. The fraction of sp³-hybridized carbons (Fsp3) is 0.500. The van der Waals surface area contributed by atoms with Crippen molar-refractivity contribution < 1.29 is 0 Å². The molecule has 15 heavy (non-hydrogen) atoms. The van der Waals surface area contributed by atoms with E-state index in [0.29, 0.717) is 18.5 Å². The summed E-state index contributed by atoms with van der Waals surface area (Å²) in [5.41, 5.74) is 0.748. The van der Waals surface area contributed by atoms with Gasteiger partial charge in [0.1, 0.15) is 23.8 Å². The van der Waals surface area contributed by atoms with Crippen LogP contribution in [0.4, 0.5) is 0 Å². The molecule has 1 fully saturated rings. The van der Waals surface area contributed by atoms with Gasteiger partial charge in [-0.05, 0) is 12.8 Å². The van der Waals surface area contributed by atoms with Crippen molar-refractivity contribution in [3.63, 3.8) is 0 Å². The zero-order chi connectivity index (χ0) is 11.4. The number of nitrogens with zero attached hydrogens (tertiary/aromatic N) is 5. The number of hydrogen-bond acceptors (Lipinski definition) is 5. The van der Waals surface area contributed by atoms with E-state index in [1.165, 1.54) is 0 Å². The molecule has 0 radical (unpaired) electrons. The van der Waals surface area contributed by atoms with Crippen molar-refractivity contribution in [2.75, 3.05) is 14.1 Å². The predicted octanol–water partition coefficient (Wildman–Crippen LogP) is 0.752. The molecule has 0 amide bonds. The van der Waals surface area contributed by atoms with Gasteiger partial charge in [-0.1, -0.05) is 0 Å². The number of allylic oxidation sites excluding steroid dienone is 2. The molecule has 1 saturated heterocycles. The lowest BCUT2D eigenvalue weighted by Crippen LogP contribution is -2.39. The summed E-state index contributed by atoms with van der Waals surface area (Å²) >= 11 is 0. The van der Waals surface area contributed by atoms with E-state index in [1.807, 2.05) is 12.1 Å². The lowest BCUT2D eigenvalue weighted by molar-refractivity contribution is 0.0610. The molecule has 1 unspecified atom stereocenters. The highest BCUT2D eigenvalue weighted by molar-refractivity contribution is 5.41. The van der Waals surface area contributed by atoms with E-state index in [4.69, 9.17) is 15.8 Å². The Morgan fingerprint density at radius 3 is 2.33 bits per heavy atom. The van der Waals surface area contributed by atoms with Crippen molar-refractivity contribution in [3.8, 4) is 18.2 Å². The molecule has 76 valence electrons. The normalized spacial score (nSPS) is 19.6. The predicted molar refractivity (Wildman–Crippen MR) is 52.4 cm³/mol. The summed E-state index contributed by atoms with van der Waals surface area (Å²) in [7, 11) is 3.59. The first-order valence-corrected chi connectivity index (χ1v) is 4.55. The molecule has 1 aliphatic rings. The number of hydrazine groups is 1. The van der Waals surface area contributed by atoms with Gasteiger partial charge in [0, 0.05) is 14.1 Å². The van der Waals surface area contributed by atoms with Crippen LogP contribution in [-0.4, -0.2) is 30.2 Å². The van der Waals surface area contributed by atoms with Crippen LogP contribution in [0.1, 0.15) is 12.8 Å². The third-order valence-corrected chi connectivity index (χ3v) is 2.32. The highest BCUT2D eigenvalue weighted by Crippen LogP contribution is 2.29. The fourth-order valence-electron chi connectivity index (χ4n) is 1.73. The molecule has 5 heteroatoms. The van der Waals surface area contributed by atoms with Gasteiger partial charge in [-0.25, -0.2) is 5.01 Å². The van der Waals surface area contributed by atoms with E-state index in [2.05, 4.69) is 6.07 Å². The Kier molecular flexibility index (Phi) is 3.29. The van der Waals surface area contributed by atoms with Crippen LogP contribution in [0.5, 0.6) is 0 Å². The van der Waals surface area contributed by atoms with Crippen LogP contribution in [-0.2, 0) is 0 Å². The minimum Gasteiger partial charge on any atom is -0.291 e. The van der Waals surface area contributed by atoms with E-state index < -0.39 is 0 Å². The minimum absolute atomic E-state index is 0.0986. The molecule has 1 heterocycles. The summed E-state index contributed by atoms with van der Waals surface area (Å²) in [6.07, 6.45) is 1.27. The molecule has 0 aliphatic carbocycles. The maximum Gasteiger partial charge on any atom is 0.150 e. The first-order chi connectivity index (χ1) is 7.15. The van der Waals surface area contributed by atoms with Gasteiger partial charge in [0.05, 0.1) is 11.8 Å². The zero-order valence-corrected chi connectivity index (χ0v) is 8.73. The molecule has 5 nitrogen and oxygen atoms in total. The Morgan fingerprint density at radius 2 is 1.93 bits per heavy atom. The van der Waals surface area contributed by atoms with Gasteiger partial charge >= 0.3 is 0 Å². The van der Waals surface area contributed by atoms with Gasteiger partial charge in [0.15, 0.2) is 0 Å². The van der Waals surface area contributed by atoms with Gasteiger partial charge < -0.3 is 0 Å². The van der Waals surface area contributed by atoms with Gasteiger partial charge in [-0.3, -0.25) is 5.01 Å². The Labute approximate surface area is 89.0 Å². The van der Waals surface area contributed by atoms with Crippen LogP contribution in [0, 0.1) is 34.0 Å². The SMILES string of the molecule is CN(C)N1C(=C(C#N)C#N)CCC1C#N. The van der Waals surface area contributed by atoms with Crippen molar-refractivity contribution in [3.05, 3.63) is 11.3 Å². The second-order valence-corrected chi connectivity index (χ2v) is 3.42. The summed E-state index contributed by atoms with van der Waals surface area (Å²) < 4.78 is 0. The van der Waals surface area contributed by atoms with Crippen LogP contribution in [0.15, 0.2) is 11.3 Å². The molecule has 0 spiro atoms. The molecule has 0 aromatic rings. The standard InChI is InChI=1S/C10H11N5/c1-14(2)15-9(7-13)3-4-10(15)8(5-11)6-12/h9H,3-4H2,1-2H3. The second-order valence-electron chi connectivity index (χ2n) is 3.42. The molecule has 0 N–H and O–H groups in total. The smallest absolute Gasteiger partial charge is 0.150 e. The number of rotatable bonds is 1. The molecular formula is C10H11N5. The van der Waals surface area contributed by atoms with Crippen LogP contribution in [0.25, 0.3) is 0 Å². The highest BCUT2D eigenvalue weighted by Gasteiger charge is 2.32. The maximum atomic E-state index is 8.92. The summed E-state index contributed by atoms with van der Waals surface area (Å²) in [6.45, 7) is 0. The van der Waals surface area contributed by atoms with E-state index in [9.17, 15) is 0 Å². The summed E-state index contributed by atoms with van der Waals surface area (Å²) in [5.74, 6) is 0. The van der Waals surface area contributed by atoms with Crippen molar-refractivity contribution in [1.29, 1.82) is 15.8 Å². The topological polar surface area (TPSA) is 77.8 Å². The Balaban J connectivity index is 3.15. The highest BCUT2D eigenvalue weighted by atomic mass is 15.6. The van der Waals surface area contributed by atoms with Crippen molar-refractivity contribution in [2.45, 2.75) is 18.9 Å². The number of nitriles is 3. The maximum absolute atomic E-state index is 8.92. The quantitative estimate of drug-likeness (QED) is 0.585. The largest absolute Gasteiger partial charge is 0.291 e. The molecule has 1 aliphatic heterocycles. The van der Waals surface area contributed by atoms with Gasteiger partial charge in [0.2, 0.25) is 0 Å². The molecular weight excluding hydrogens is 190 g/mol. The van der Waals surface area contributed by atoms with Crippen molar-refractivity contribution >= 4 is 0 Å². The van der Waals surface area contributed by atoms with Crippen molar-refractivity contribution in [2.24, 2.45) is 0 Å². The Bertz CT molecular complexity index is 385. The minimum atomic E-state index is -0.272. The van der Waals surface area contributed by atoms with Crippen molar-refractivity contribution in [1.82, 2.24) is 10.0 Å². The molecule has 0 saturated carbocycles. The Hall–Kier alpha value is -2.03. The van der Waals surface area contributed by atoms with Crippen LogP contribution in [0.2, 0.25) is 0 Å². The fourth-order valence-corrected chi connectivity index (χ4v) is 1.73. The van der Waals surface area contributed by atoms with E-state index in [-0.39, 0.29) is 11.6 Å². The van der Waals surface area contributed by atoms with Crippen LogP contribution < -0.4 is 0 Å². The van der Waals surface area contributed by atoms with E-state index >= 15 is 0 Å². The van der Waals surface area contributed by atoms with Gasteiger partial charge in [-0.15, -0.1) is 0 Å². The molecule has 1 rings (SSSR count). The third kappa shape index (κ3) is 1.91. The first kappa shape index (κ1) is 11.0. The number of hydrogen-bond donors (Lipinski definition) is 0.